The fourth-order valence-corrected chi connectivity index (χ4v) is 4.39. The molecule has 156 valence electrons. The Morgan fingerprint density at radius 1 is 1.10 bits per heavy atom. The second-order valence-corrected chi connectivity index (χ2v) is 8.18. The van der Waals surface area contributed by atoms with Crippen molar-refractivity contribution in [2.45, 2.75) is 45.6 Å². The summed E-state index contributed by atoms with van der Waals surface area (Å²) in [4.78, 5) is 9.51. The number of piperazine rings is 1. The maximum Gasteiger partial charge on any atom is 0.298 e. The summed E-state index contributed by atoms with van der Waals surface area (Å²) in [6, 6.07) is 17.7. The van der Waals surface area contributed by atoms with E-state index < -0.39 is 0 Å². The van der Waals surface area contributed by atoms with Gasteiger partial charge in [-0.25, -0.2) is 0 Å². The molecule has 1 saturated heterocycles. The summed E-state index contributed by atoms with van der Waals surface area (Å²) in [5.41, 5.74) is 4.94. The molecule has 1 fully saturated rings. The highest BCUT2D eigenvalue weighted by atomic mass is 16.4. The van der Waals surface area contributed by atoms with Crippen LogP contribution in [0.4, 0.5) is 6.01 Å². The Morgan fingerprint density at radius 2 is 1.90 bits per heavy atom. The third kappa shape index (κ3) is 4.34. The standard InChI is InChI=1S/C25H30N4O/c1-3-4-5-9-23(20-11-12-21(18-26)19(2)17-20)28-13-15-29(16-14-28)25-27-22-8-6-7-10-24(22)30-25/h6-8,10-12,17,23H,3-5,9,13-16H2,1-2H3. The Morgan fingerprint density at radius 3 is 2.60 bits per heavy atom. The lowest BCUT2D eigenvalue weighted by atomic mass is 9.95. The van der Waals surface area contributed by atoms with Crippen LogP contribution in [0.15, 0.2) is 46.9 Å². The number of aryl methyl sites for hydroxylation is 1. The number of aromatic nitrogens is 1. The van der Waals surface area contributed by atoms with Gasteiger partial charge in [-0.2, -0.15) is 10.2 Å². The first kappa shape index (κ1) is 20.4. The Bertz CT molecular complexity index is 994. The smallest absolute Gasteiger partial charge is 0.298 e. The summed E-state index contributed by atoms with van der Waals surface area (Å²) in [7, 11) is 0. The summed E-state index contributed by atoms with van der Waals surface area (Å²) < 4.78 is 5.97. The molecule has 1 aliphatic rings. The second-order valence-electron chi connectivity index (χ2n) is 8.18. The van der Waals surface area contributed by atoms with Crippen molar-refractivity contribution in [3.8, 4) is 6.07 Å². The summed E-state index contributed by atoms with van der Waals surface area (Å²) in [6.07, 6.45) is 4.87. The van der Waals surface area contributed by atoms with Gasteiger partial charge < -0.3 is 9.32 Å². The van der Waals surface area contributed by atoms with Gasteiger partial charge in [-0.1, -0.05) is 50.5 Å². The first-order valence-electron chi connectivity index (χ1n) is 11.0. The van der Waals surface area contributed by atoms with Gasteiger partial charge in [0.05, 0.1) is 11.6 Å². The van der Waals surface area contributed by atoms with Crippen LogP contribution < -0.4 is 4.90 Å². The van der Waals surface area contributed by atoms with E-state index >= 15 is 0 Å². The van der Waals surface area contributed by atoms with Gasteiger partial charge in [0.25, 0.3) is 6.01 Å². The minimum absolute atomic E-state index is 0.397. The van der Waals surface area contributed by atoms with Gasteiger partial charge in [-0.3, -0.25) is 4.90 Å². The van der Waals surface area contributed by atoms with E-state index in [0.29, 0.717) is 6.04 Å². The zero-order chi connectivity index (χ0) is 20.9. The molecule has 0 aliphatic carbocycles. The fraction of sp³-hybridized carbons (Fsp3) is 0.440. The maximum absolute atomic E-state index is 9.28. The molecule has 1 unspecified atom stereocenters. The lowest BCUT2D eigenvalue weighted by Gasteiger charge is -2.39. The van der Waals surface area contributed by atoms with Crippen LogP contribution in [0.25, 0.3) is 11.1 Å². The largest absolute Gasteiger partial charge is 0.423 e. The van der Waals surface area contributed by atoms with E-state index in [1.165, 1.54) is 24.8 Å². The SMILES string of the molecule is CCCCCC(c1ccc(C#N)c(C)c1)N1CCN(c2nc3ccccc3o2)CC1. The Hall–Kier alpha value is -2.84. The third-order valence-electron chi connectivity index (χ3n) is 6.14. The van der Waals surface area contributed by atoms with E-state index in [0.717, 1.165) is 60.8 Å². The van der Waals surface area contributed by atoms with Crippen molar-refractivity contribution >= 4 is 17.1 Å². The third-order valence-corrected chi connectivity index (χ3v) is 6.14. The van der Waals surface area contributed by atoms with Crippen molar-refractivity contribution in [2.75, 3.05) is 31.1 Å². The van der Waals surface area contributed by atoms with Crippen molar-refractivity contribution in [2.24, 2.45) is 0 Å². The quantitative estimate of drug-likeness (QED) is 0.492. The Labute approximate surface area is 178 Å². The molecule has 5 heteroatoms. The van der Waals surface area contributed by atoms with Gasteiger partial charge in [0, 0.05) is 32.2 Å². The van der Waals surface area contributed by atoms with Gasteiger partial charge in [0.2, 0.25) is 0 Å². The van der Waals surface area contributed by atoms with E-state index in [-0.39, 0.29) is 0 Å². The van der Waals surface area contributed by atoms with Crippen molar-refractivity contribution < 1.29 is 4.42 Å². The minimum Gasteiger partial charge on any atom is -0.423 e. The van der Waals surface area contributed by atoms with E-state index in [4.69, 9.17) is 4.42 Å². The number of unbranched alkanes of at least 4 members (excludes halogenated alkanes) is 2. The second kappa shape index (κ2) is 9.32. The van der Waals surface area contributed by atoms with Gasteiger partial charge in [0.15, 0.2) is 5.58 Å². The Balaban J connectivity index is 1.48. The van der Waals surface area contributed by atoms with Crippen molar-refractivity contribution in [3.05, 3.63) is 59.2 Å². The maximum atomic E-state index is 9.28. The van der Waals surface area contributed by atoms with Crippen LogP contribution >= 0.6 is 0 Å². The van der Waals surface area contributed by atoms with E-state index in [1.54, 1.807) is 0 Å². The zero-order valence-corrected chi connectivity index (χ0v) is 18.0. The van der Waals surface area contributed by atoms with Crippen molar-refractivity contribution in [1.82, 2.24) is 9.88 Å². The summed E-state index contributed by atoms with van der Waals surface area (Å²) in [5.74, 6) is 0. The van der Waals surface area contributed by atoms with Crippen molar-refractivity contribution in [1.29, 1.82) is 5.26 Å². The summed E-state index contributed by atoms with van der Waals surface area (Å²) in [5, 5.41) is 9.28. The number of oxazole rings is 1. The number of benzene rings is 2. The highest BCUT2D eigenvalue weighted by molar-refractivity contribution is 5.74. The zero-order valence-electron chi connectivity index (χ0n) is 18.0. The number of rotatable bonds is 7. The van der Waals surface area contributed by atoms with Crippen molar-refractivity contribution in [3.63, 3.8) is 0 Å². The monoisotopic (exact) mass is 402 g/mol. The Kier molecular flexibility index (Phi) is 6.35. The molecule has 0 saturated carbocycles. The number of anilines is 1. The van der Waals surface area contributed by atoms with E-state index in [1.807, 2.05) is 37.3 Å². The highest BCUT2D eigenvalue weighted by Crippen LogP contribution is 2.30. The molecule has 2 aromatic carbocycles. The molecule has 0 radical (unpaired) electrons. The normalized spacial score (nSPS) is 16.0. The summed E-state index contributed by atoms with van der Waals surface area (Å²) in [6.45, 7) is 8.07. The molecule has 0 spiro atoms. The average Bonchev–Trinajstić information content (AvgIpc) is 3.21. The minimum atomic E-state index is 0.397. The van der Waals surface area contributed by atoms with E-state index in [9.17, 15) is 5.26 Å². The van der Waals surface area contributed by atoms with Crippen LogP contribution in [0.5, 0.6) is 0 Å². The van der Waals surface area contributed by atoms with Gasteiger partial charge in [-0.15, -0.1) is 0 Å². The average molecular weight is 403 g/mol. The van der Waals surface area contributed by atoms with E-state index in [2.05, 4.69) is 39.9 Å². The first-order chi connectivity index (χ1) is 14.7. The number of hydrogen-bond acceptors (Lipinski definition) is 5. The van der Waals surface area contributed by atoms with Crippen LogP contribution in [0.2, 0.25) is 0 Å². The molecule has 3 aromatic rings. The number of nitrogens with zero attached hydrogens (tertiary/aromatic N) is 4. The topological polar surface area (TPSA) is 56.3 Å². The number of hydrogen-bond donors (Lipinski definition) is 0. The van der Waals surface area contributed by atoms with Crippen LogP contribution in [-0.4, -0.2) is 36.1 Å². The molecule has 4 rings (SSSR count). The lowest BCUT2D eigenvalue weighted by Crippen LogP contribution is -2.47. The lowest BCUT2D eigenvalue weighted by molar-refractivity contribution is 0.171. The number of para-hydroxylation sites is 2. The molecule has 0 bridgehead atoms. The highest BCUT2D eigenvalue weighted by Gasteiger charge is 2.27. The van der Waals surface area contributed by atoms with Gasteiger partial charge in [-0.05, 0) is 42.7 Å². The van der Waals surface area contributed by atoms with Crippen LogP contribution in [0.1, 0.15) is 55.3 Å². The molecule has 5 nitrogen and oxygen atoms in total. The fourth-order valence-electron chi connectivity index (χ4n) is 4.39. The van der Waals surface area contributed by atoms with Crippen LogP contribution in [-0.2, 0) is 0 Å². The van der Waals surface area contributed by atoms with Gasteiger partial charge >= 0.3 is 0 Å². The molecule has 1 atom stereocenters. The molecule has 2 heterocycles. The molecule has 30 heavy (non-hydrogen) atoms. The van der Waals surface area contributed by atoms with Crippen LogP contribution in [0.3, 0.4) is 0 Å². The molecular formula is C25H30N4O. The van der Waals surface area contributed by atoms with Crippen LogP contribution in [0, 0.1) is 18.3 Å². The molecule has 0 N–H and O–H groups in total. The predicted molar refractivity (Wildman–Crippen MR) is 121 cm³/mol. The molecule has 1 aromatic heterocycles. The number of fused-ring (bicyclic) bond motifs is 1. The van der Waals surface area contributed by atoms with Gasteiger partial charge in [0.1, 0.15) is 5.52 Å². The summed E-state index contributed by atoms with van der Waals surface area (Å²) >= 11 is 0. The first-order valence-corrected chi connectivity index (χ1v) is 11.0. The molecule has 1 aliphatic heterocycles. The molecular weight excluding hydrogens is 372 g/mol. The molecule has 0 amide bonds. The number of nitriles is 1. The predicted octanol–water partition coefficient (Wildman–Crippen LogP) is 5.45.